The number of ether oxygens (including phenoxy) is 1. The molecule has 0 aliphatic heterocycles. The highest BCUT2D eigenvalue weighted by molar-refractivity contribution is 6.02. The van der Waals surface area contributed by atoms with Gasteiger partial charge < -0.3 is 4.74 Å². The van der Waals surface area contributed by atoms with E-state index in [2.05, 4.69) is 10.9 Å². The smallest absolute Gasteiger partial charge is 0.330 e. The van der Waals surface area contributed by atoms with Crippen molar-refractivity contribution in [1.29, 1.82) is 0 Å². The molecule has 2 N–H and O–H groups in total. The molecule has 0 fully saturated rings. The van der Waals surface area contributed by atoms with Gasteiger partial charge in [0, 0.05) is 11.1 Å². The fraction of sp³-hybridized carbons (Fsp3) is 0.130. The fourth-order valence-electron chi connectivity index (χ4n) is 2.89. The Balaban J connectivity index is 1.90. The molecule has 0 spiro atoms. The summed E-state index contributed by atoms with van der Waals surface area (Å²) in [7, 11) is 1.46. The summed E-state index contributed by atoms with van der Waals surface area (Å²) in [4.78, 5) is 24.9. The third-order valence-electron chi connectivity index (χ3n) is 4.52. The van der Waals surface area contributed by atoms with Gasteiger partial charge in [0.15, 0.2) is 0 Å². The number of amides is 1. The Kier molecular flexibility index (Phi) is 6.54. The first-order valence-corrected chi connectivity index (χ1v) is 9.16. The number of ketones is 1. The van der Waals surface area contributed by atoms with Crippen molar-refractivity contribution in [1.82, 2.24) is 10.9 Å². The van der Waals surface area contributed by atoms with E-state index in [1.807, 2.05) is 0 Å². The van der Waals surface area contributed by atoms with Gasteiger partial charge in [0.05, 0.1) is 7.11 Å². The van der Waals surface area contributed by atoms with Crippen molar-refractivity contribution in [3.63, 3.8) is 0 Å². The standard InChI is InChI=1S/C23H20F2N2O3/c1-30-19-14-12-16(13-15-19)20(26-27-22(29)18-10-6-3-7-11-18)23(24,25)21(28)17-8-4-2-5-9-17/h2-15,20,26H,1H3,(H,27,29)/t20-/m0/s1. The van der Waals surface area contributed by atoms with E-state index in [1.54, 1.807) is 36.4 Å². The summed E-state index contributed by atoms with van der Waals surface area (Å²) in [5.41, 5.74) is 4.91. The number of nitrogens with one attached hydrogen (secondary N) is 2. The Bertz CT molecular complexity index is 994. The van der Waals surface area contributed by atoms with Crippen LogP contribution in [0, 0.1) is 0 Å². The number of alkyl halides is 2. The van der Waals surface area contributed by atoms with Crippen LogP contribution in [-0.4, -0.2) is 24.7 Å². The lowest BCUT2D eigenvalue weighted by molar-refractivity contribution is -0.0194. The Morgan fingerprint density at radius 1 is 0.833 bits per heavy atom. The van der Waals surface area contributed by atoms with Crippen molar-refractivity contribution in [2.45, 2.75) is 12.0 Å². The molecule has 3 aromatic carbocycles. The summed E-state index contributed by atoms with van der Waals surface area (Å²) in [6.07, 6.45) is 0. The van der Waals surface area contributed by atoms with E-state index >= 15 is 8.78 Å². The molecule has 0 saturated carbocycles. The van der Waals surface area contributed by atoms with E-state index in [1.165, 1.54) is 55.6 Å². The van der Waals surface area contributed by atoms with Gasteiger partial charge in [0.25, 0.3) is 5.91 Å². The Morgan fingerprint density at radius 2 is 1.37 bits per heavy atom. The van der Waals surface area contributed by atoms with Gasteiger partial charge in [-0.1, -0.05) is 60.7 Å². The Hall–Kier alpha value is -3.58. The van der Waals surface area contributed by atoms with Crippen molar-refractivity contribution in [3.8, 4) is 5.75 Å². The molecule has 0 aliphatic rings. The molecule has 0 aromatic heterocycles. The number of carbonyl (C=O) groups excluding carboxylic acids is 2. The first-order chi connectivity index (χ1) is 14.4. The predicted molar refractivity (Wildman–Crippen MR) is 108 cm³/mol. The number of hydrogen-bond acceptors (Lipinski definition) is 4. The highest BCUT2D eigenvalue weighted by Gasteiger charge is 2.48. The largest absolute Gasteiger partial charge is 0.497 e. The maximum atomic E-state index is 15.3. The van der Waals surface area contributed by atoms with Gasteiger partial charge in [-0.3, -0.25) is 15.0 Å². The number of carbonyl (C=O) groups is 2. The van der Waals surface area contributed by atoms with Gasteiger partial charge in [-0.15, -0.1) is 0 Å². The number of hydrazine groups is 1. The minimum Gasteiger partial charge on any atom is -0.497 e. The zero-order valence-electron chi connectivity index (χ0n) is 16.1. The zero-order valence-corrected chi connectivity index (χ0v) is 16.1. The first kappa shape index (κ1) is 21.1. The maximum Gasteiger partial charge on any atom is 0.330 e. The molecule has 1 amide bonds. The number of hydrogen-bond donors (Lipinski definition) is 2. The molecule has 30 heavy (non-hydrogen) atoms. The number of Topliss-reactive ketones (excluding diaryl/α,β-unsaturated/α-hetero) is 1. The fourth-order valence-corrected chi connectivity index (χ4v) is 2.89. The monoisotopic (exact) mass is 410 g/mol. The van der Waals surface area contributed by atoms with Crippen molar-refractivity contribution in [3.05, 3.63) is 102 Å². The lowest BCUT2D eigenvalue weighted by atomic mass is 9.94. The average Bonchev–Trinajstić information content (AvgIpc) is 2.80. The molecule has 5 nitrogen and oxygen atoms in total. The minimum absolute atomic E-state index is 0.110. The molecule has 0 heterocycles. The van der Waals surface area contributed by atoms with E-state index < -0.39 is 23.7 Å². The number of rotatable bonds is 8. The Morgan fingerprint density at radius 3 is 1.90 bits per heavy atom. The van der Waals surface area contributed by atoms with E-state index in [0.717, 1.165) is 0 Å². The summed E-state index contributed by atoms with van der Waals surface area (Å²) in [6.45, 7) is 0. The lowest BCUT2D eigenvalue weighted by Gasteiger charge is -2.27. The highest BCUT2D eigenvalue weighted by atomic mass is 19.3. The average molecular weight is 410 g/mol. The molecule has 0 aliphatic carbocycles. The van der Waals surface area contributed by atoms with Gasteiger partial charge in [0.1, 0.15) is 11.8 Å². The first-order valence-electron chi connectivity index (χ1n) is 9.16. The van der Waals surface area contributed by atoms with Gasteiger partial charge in [0.2, 0.25) is 5.78 Å². The summed E-state index contributed by atoms with van der Waals surface area (Å²) in [6, 6.07) is 19.5. The highest BCUT2D eigenvalue weighted by Crippen LogP contribution is 2.35. The predicted octanol–water partition coefficient (Wildman–Crippen LogP) is 4.19. The third kappa shape index (κ3) is 4.69. The molecule has 1 atom stereocenters. The number of benzene rings is 3. The minimum atomic E-state index is -3.85. The third-order valence-corrected chi connectivity index (χ3v) is 4.52. The van der Waals surface area contributed by atoms with Gasteiger partial charge >= 0.3 is 5.92 Å². The van der Waals surface area contributed by atoms with Crippen LogP contribution in [0.5, 0.6) is 5.75 Å². The van der Waals surface area contributed by atoms with Crippen molar-refractivity contribution < 1.29 is 23.1 Å². The van der Waals surface area contributed by atoms with Crippen LogP contribution in [0.15, 0.2) is 84.9 Å². The molecule has 154 valence electrons. The van der Waals surface area contributed by atoms with E-state index in [4.69, 9.17) is 4.74 Å². The second kappa shape index (κ2) is 9.28. The summed E-state index contributed by atoms with van der Waals surface area (Å²) in [5, 5.41) is 0. The SMILES string of the molecule is COc1ccc([C@H](NNC(=O)c2ccccc2)C(F)(F)C(=O)c2ccccc2)cc1. The molecule has 0 unspecified atom stereocenters. The normalized spacial score (nSPS) is 12.1. The van der Waals surface area contributed by atoms with E-state index in [9.17, 15) is 9.59 Å². The van der Waals surface area contributed by atoms with Crippen molar-refractivity contribution in [2.75, 3.05) is 7.11 Å². The van der Waals surface area contributed by atoms with Crippen LogP contribution in [0.3, 0.4) is 0 Å². The summed E-state index contributed by atoms with van der Waals surface area (Å²) < 4.78 is 35.7. The summed E-state index contributed by atoms with van der Waals surface area (Å²) >= 11 is 0. The number of halogens is 2. The van der Waals surface area contributed by atoms with Crippen LogP contribution < -0.4 is 15.6 Å². The van der Waals surface area contributed by atoms with E-state index in [-0.39, 0.29) is 16.7 Å². The maximum absolute atomic E-state index is 15.3. The second-order valence-corrected chi connectivity index (χ2v) is 6.49. The second-order valence-electron chi connectivity index (χ2n) is 6.49. The topological polar surface area (TPSA) is 67.4 Å². The van der Waals surface area contributed by atoms with E-state index in [0.29, 0.717) is 5.75 Å². The molecular weight excluding hydrogens is 390 g/mol. The molecule has 0 saturated heterocycles. The quantitative estimate of drug-likeness (QED) is 0.432. The van der Waals surface area contributed by atoms with Crippen molar-refractivity contribution >= 4 is 11.7 Å². The Labute approximate surface area is 172 Å². The zero-order chi connectivity index (χ0) is 21.6. The van der Waals surface area contributed by atoms with Gasteiger partial charge in [-0.2, -0.15) is 8.78 Å². The van der Waals surface area contributed by atoms with Gasteiger partial charge in [-0.05, 0) is 29.8 Å². The van der Waals surface area contributed by atoms with Crippen LogP contribution >= 0.6 is 0 Å². The molecule has 0 radical (unpaired) electrons. The van der Waals surface area contributed by atoms with Crippen molar-refractivity contribution in [2.24, 2.45) is 0 Å². The van der Waals surface area contributed by atoms with Crippen LogP contribution in [0.2, 0.25) is 0 Å². The van der Waals surface area contributed by atoms with Gasteiger partial charge in [-0.25, -0.2) is 5.43 Å². The summed E-state index contributed by atoms with van der Waals surface area (Å²) in [5.74, 6) is -5.33. The van der Waals surface area contributed by atoms with Crippen LogP contribution in [0.4, 0.5) is 8.78 Å². The molecule has 0 bridgehead atoms. The van der Waals surface area contributed by atoms with Crippen LogP contribution in [0.25, 0.3) is 0 Å². The molecule has 3 rings (SSSR count). The number of methoxy groups -OCH3 is 1. The molecule has 7 heteroatoms. The lowest BCUT2D eigenvalue weighted by Crippen LogP contribution is -2.50. The molecular formula is C23H20F2N2O3. The van der Waals surface area contributed by atoms with Crippen LogP contribution in [-0.2, 0) is 0 Å². The molecule has 3 aromatic rings. The van der Waals surface area contributed by atoms with Crippen LogP contribution in [0.1, 0.15) is 32.3 Å².